The van der Waals surface area contributed by atoms with Gasteiger partial charge in [0, 0.05) is 13.1 Å². The number of likely N-dealkylation sites (N-methyl/N-ethyl adjacent to an activating group) is 1. The van der Waals surface area contributed by atoms with E-state index >= 15 is 0 Å². The molecule has 0 spiro atoms. The van der Waals surface area contributed by atoms with Gasteiger partial charge in [0.15, 0.2) is 5.82 Å². The zero-order valence-corrected chi connectivity index (χ0v) is 11.2. The molecule has 0 atom stereocenters. The van der Waals surface area contributed by atoms with Crippen molar-refractivity contribution in [1.29, 1.82) is 0 Å². The van der Waals surface area contributed by atoms with Crippen molar-refractivity contribution in [3.05, 3.63) is 5.56 Å². The third-order valence-corrected chi connectivity index (χ3v) is 3.30. The van der Waals surface area contributed by atoms with Gasteiger partial charge in [-0.15, -0.1) is 0 Å². The van der Waals surface area contributed by atoms with Crippen LogP contribution >= 0.6 is 11.5 Å². The van der Waals surface area contributed by atoms with Crippen LogP contribution in [-0.4, -0.2) is 40.7 Å². The number of rotatable bonds is 6. The first-order valence-electron chi connectivity index (χ1n) is 5.57. The molecule has 0 aliphatic carbocycles. The van der Waals surface area contributed by atoms with Crippen LogP contribution in [0.15, 0.2) is 0 Å². The van der Waals surface area contributed by atoms with Crippen LogP contribution in [0.3, 0.4) is 0 Å². The van der Waals surface area contributed by atoms with Crippen molar-refractivity contribution in [3.8, 4) is 0 Å². The predicted molar refractivity (Wildman–Crippen MR) is 71.5 cm³/mol. The molecule has 1 heterocycles. The van der Waals surface area contributed by atoms with Crippen molar-refractivity contribution in [2.45, 2.75) is 13.8 Å². The Balaban J connectivity index is 2.69. The molecule has 0 aliphatic heterocycles. The van der Waals surface area contributed by atoms with Crippen molar-refractivity contribution in [1.82, 2.24) is 9.27 Å². The van der Waals surface area contributed by atoms with Gasteiger partial charge in [-0.3, -0.25) is 9.59 Å². The summed E-state index contributed by atoms with van der Waals surface area (Å²) >= 11 is 1.02. The van der Waals surface area contributed by atoms with E-state index in [9.17, 15) is 9.59 Å². The molecule has 0 aromatic carbocycles. The zero-order chi connectivity index (χ0) is 13.7. The summed E-state index contributed by atoms with van der Waals surface area (Å²) < 4.78 is 3.83. The standard InChI is InChI=1S/C10H17N5O2S/c1-3-15(4-2)6(16)5-13-10-7(9(12)17)8(11)14-18-10/h13H,3-5H2,1-2H3,(H2,11,14)(H2,12,17). The third-order valence-electron chi connectivity index (χ3n) is 2.48. The van der Waals surface area contributed by atoms with Crippen LogP contribution in [-0.2, 0) is 4.79 Å². The van der Waals surface area contributed by atoms with Crippen LogP contribution in [0.5, 0.6) is 0 Å². The Morgan fingerprint density at radius 2 is 2.00 bits per heavy atom. The first-order valence-corrected chi connectivity index (χ1v) is 6.35. The second-order valence-corrected chi connectivity index (χ2v) is 4.33. The van der Waals surface area contributed by atoms with Gasteiger partial charge in [-0.25, -0.2) is 0 Å². The second-order valence-electron chi connectivity index (χ2n) is 3.56. The number of anilines is 2. The van der Waals surface area contributed by atoms with Crippen molar-refractivity contribution in [2.24, 2.45) is 5.73 Å². The maximum absolute atomic E-state index is 11.8. The van der Waals surface area contributed by atoms with Crippen LogP contribution in [0.2, 0.25) is 0 Å². The Kier molecular flexibility index (Phi) is 4.90. The van der Waals surface area contributed by atoms with Gasteiger partial charge < -0.3 is 21.7 Å². The maximum Gasteiger partial charge on any atom is 0.255 e. The maximum atomic E-state index is 11.8. The SMILES string of the molecule is CCN(CC)C(=O)CNc1snc(N)c1C(N)=O. The highest BCUT2D eigenvalue weighted by Gasteiger charge is 2.18. The van der Waals surface area contributed by atoms with E-state index in [0.29, 0.717) is 18.1 Å². The number of nitrogen functional groups attached to an aromatic ring is 1. The van der Waals surface area contributed by atoms with Crippen LogP contribution in [0, 0.1) is 0 Å². The summed E-state index contributed by atoms with van der Waals surface area (Å²) in [6.45, 7) is 5.18. The van der Waals surface area contributed by atoms with Crippen molar-refractivity contribution >= 4 is 34.2 Å². The lowest BCUT2D eigenvalue weighted by Crippen LogP contribution is -2.35. The lowest BCUT2D eigenvalue weighted by Gasteiger charge is -2.18. The summed E-state index contributed by atoms with van der Waals surface area (Å²) in [7, 11) is 0. The van der Waals surface area contributed by atoms with E-state index in [1.165, 1.54) is 0 Å². The molecule has 0 radical (unpaired) electrons. The molecule has 0 aliphatic rings. The van der Waals surface area contributed by atoms with Gasteiger partial charge in [-0.05, 0) is 25.4 Å². The Hall–Kier alpha value is -1.83. The first kappa shape index (κ1) is 14.2. The second kappa shape index (κ2) is 6.20. The Bertz CT molecular complexity index is 441. The molecule has 1 aromatic heterocycles. The molecule has 5 N–H and O–H groups in total. The minimum atomic E-state index is -0.654. The summed E-state index contributed by atoms with van der Waals surface area (Å²) in [4.78, 5) is 24.6. The van der Waals surface area contributed by atoms with Gasteiger partial charge in [-0.1, -0.05) is 0 Å². The molecule has 8 heteroatoms. The first-order chi connectivity index (χ1) is 8.51. The van der Waals surface area contributed by atoms with Crippen molar-refractivity contribution in [3.63, 3.8) is 0 Å². The van der Waals surface area contributed by atoms with Crippen LogP contribution in [0.1, 0.15) is 24.2 Å². The molecule has 18 heavy (non-hydrogen) atoms. The smallest absolute Gasteiger partial charge is 0.255 e. The van der Waals surface area contributed by atoms with Crippen LogP contribution in [0.25, 0.3) is 0 Å². The highest BCUT2D eigenvalue weighted by atomic mass is 32.1. The third kappa shape index (κ3) is 3.10. The molecule has 1 aromatic rings. The largest absolute Gasteiger partial charge is 0.382 e. The minimum absolute atomic E-state index is 0.0533. The van der Waals surface area contributed by atoms with Gasteiger partial charge in [0.2, 0.25) is 5.91 Å². The van der Waals surface area contributed by atoms with E-state index in [0.717, 1.165) is 11.5 Å². The van der Waals surface area contributed by atoms with E-state index < -0.39 is 5.91 Å². The molecule has 1 rings (SSSR count). The molecule has 0 unspecified atom stereocenters. The number of nitrogens with zero attached hydrogens (tertiary/aromatic N) is 2. The average molecular weight is 271 g/mol. The van der Waals surface area contributed by atoms with E-state index in [1.54, 1.807) is 4.90 Å². The minimum Gasteiger partial charge on any atom is -0.382 e. The monoisotopic (exact) mass is 271 g/mol. The Morgan fingerprint density at radius 1 is 1.39 bits per heavy atom. The van der Waals surface area contributed by atoms with E-state index in [4.69, 9.17) is 11.5 Å². The summed E-state index contributed by atoms with van der Waals surface area (Å²) in [5.74, 6) is -0.619. The number of nitrogens with two attached hydrogens (primary N) is 2. The fourth-order valence-electron chi connectivity index (χ4n) is 1.51. The summed E-state index contributed by atoms with van der Waals surface area (Å²) in [5, 5.41) is 3.28. The molecule has 0 saturated carbocycles. The lowest BCUT2D eigenvalue weighted by molar-refractivity contribution is -0.128. The average Bonchev–Trinajstić information content (AvgIpc) is 2.69. The molecule has 7 nitrogen and oxygen atoms in total. The Labute approximate surface area is 109 Å². The number of primary amides is 1. The van der Waals surface area contributed by atoms with Gasteiger partial charge in [0.05, 0.1) is 6.54 Å². The van der Waals surface area contributed by atoms with Gasteiger partial charge in [0.1, 0.15) is 10.6 Å². The number of aromatic nitrogens is 1. The highest BCUT2D eigenvalue weighted by Crippen LogP contribution is 2.25. The fraction of sp³-hybridized carbons (Fsp3) is 0.500. The summed E-state index contributed by atoms with van der Waals surface area (Å²) in [6.07, 6.45) is 0. The number of carbonyl (C=O) groups excluding carboxylic acids is 2. The van der Waals surface area contributed by atoms with Crippen molar-refractivity contribution in [2.75, 3.05) is 30.7 Å². The number of hydrogen-bond acceptors (Lipinski definition) is 6. The normalized spacial score (nSPS) is 10.1. The fourth-order valence-corrected chi connectivity index (χ4v) is 2.22. The lowest BCUT2D eigenvalue weighted by atomic mass is 10.3. The number of nitrogens with one attached hydrogen (secondary N) is 1. The summed E-state index contributed by atoms with van der Waals surface area (Å²) in [6, 6.07) is 0. The number of carbonyl (C=O) groups is 2. The predicted octanol–water partition coefficient (Wildman–Crippen LogP) is 0.105. The molecule has 0 fully saturated rings. The molecule has 0 saturated heterocycles. The highest BCUT2D eigenvalue weighted by molar-refractivity contribution is 7.11. The van der Waals surface area contributed by atoms with Gasteiger partial charge >= 0.3 is 0 Å². The van der Waals surface area contributed by atoms with Crippen LogP contribution in [0.4, 0.5) is 10.8 Å². The molecule has 0 bridgehead atoms. The quantitative estimate of drug-likeness (QED) is 0.679. The molecular weight excluding hydrogens is 254 g/mol. The number of hydrogen-bond donors (Lipinski definition) is 3. The Morgan fingerprint density at radius 3 is 2.50 bits per heavy atom. The van der Waals surface area contributed by atoms with E-state index in [-0.39, 0.29) is 23.8 Å². The summed E-state index contributed by atoms with van der Waals surface area (Å²) in [5.41, 5.74) is 10.9. The van der Waals surface area contributed by atoms with E-state index in [1.807, 2.05) is 13.8 Å². The molecule has 100 valence electrons. The van der Waals surface area contributed by atoms with Crippen molar-refractivity contribution < 1.29 is 9.59 Å². The van der Waals surface area contributed by atoms with Gasteiger partial charge in [-0.2, -0.15) is 4.37 Å². The van der Waals surface area contributed by atoms with E-state index in [2.05, 4.69) is 9.69 Å². The van der Waals surface area contributed by atoms with Crippen LogP contribution < -0.4 is 16.8 Å². The zero-order valence-electron chi connectivity index (χ0n) is 10.4. The number of amides is 2. The molecular formula is C10H17N5O2S. The van der Waals surface area contributed by atoms with Gasteiger partial charge in [0.25, 0.3) is 5.91 Å². The molecule has 2 amide bonds. The topological polar surface area (TPSA) is 114 Å².